The zero-order chi connectivity index (χ0) is 24.0. The first-order valence-corrected chi connectivity index (χ1v) is 9.11. The number of furan rings is 1. The Morgan fingerprint density at radius 2 is 1.88 bits per heavy atom. The normalized spacial score (nSPS) is 10.9. The minimum absolute atomic E-state index is 0.101. The van der Waals surface area contributed by atoms with Crippen LogP contribution in [0.3, 0.4) is 0 Å². The number of nitrogens with one attached hydrogen (secondary N) is 3. The van der Waals surface area contributed by atoms with E-state index >= 15 is 0 Å². The molecule has 0 aliphatic heterocycles. The molecule has 2 aromatic carbocycles. The Bertz CT molecular complexity index is 1160. The molecule has 3 rings (SSSR count). The number of hydrazine groups is 1. The largest absolute Gasteiger partial charge is 0.484 e. The third-order valence-corrected chi connectivity index (χ3v) is 4.07. The molecule has 3 N–H and O–H groups in total. The van der Waals surface area contributed by atoms with Crippen LogP contribution in [0.15, 0.2) is 65.3 Å². The standard InChI is InChI=1S/C20H15F3N4O6/c21-20(22,23)12-6-7-15(16(9-12)27(30)31)25-26-18(28)11-33-14-4-1-3-13(10-14)24-19(29)17-5-2-8-32-17/h1-10,25H,11H2,(H,24,29)(H,26,28). The van der Waals surface area contributed by atoms with Gasteiger partial charge in [0, 0.05) is 17.8 Å². The lowest BCUT2D eigenvalue weighted by atomic mass is 10.1. The van der Waals surface area contributed by atoms with Crippen molar-refractivity contribution >= 4 is 28.9 Å². The molecule has 0 unspecified atom stereocenters. The van der Waals surface area contributed by atoms with Gasteiger partial charge in [0.1, 0.15) is 11.4 Å². The van der Waals surface area contributed by atoms with Crippen LogP contribution in [0, 0.1) is 10.1 Å². The molecule has 0 fully saturated rings. The van der Waals surface area contributed by atoms with Gasteiger partial charge in [-0.2, -0.15) is 13.2 Å². The number of nitrogens with zero attached hydrogens (tertiary/aromatic N) is 1. The number of hydrogen-bond acceptors (Lipinski definition) is 7. The molecule has 0 saturated carbocycles. The fourth-order valence-corrected chi connectivity index (χ4v) is 2.55. The second kappa shape index (κ2) is 9.72. The third-order valence-electron chi connectivity index (χ3n) is 4.07. The Labute approximate surface area is 183 Å². The predicted octanol–water partition coefficient (Wildman–Crippen LogP) is 3.98. The molecule has 1 aromatic heterocycles. The van der Waals surface area contributed by atoms with E-state index in [-0.39, 0.29) is 17.2 Å². The Balaban J connectivity index is 1.56. The van der Waals surface area contributed by atoms with E-state index in [4.69, 9.17) is 9.15 Å². The van der Waals surface area contributed by atoms with E-state index in [1.54, 1.807) is 18.2 Å². The van der Waals surface area contributed by atoms with Crippen molar-refractivity contribution in [3.05, 3.63) is 82.3 Å². The fourth-order valence-electron chi connectivity index (χ4n) is 2.55. The van der Waals surface area contributed by atoms with E-state index in [0.717, 1.165) is 6.07 Å². The first kappa shape index (κ1) is 23.1. The van der Waals surface area contributed by atoms with Crippen LogP contribution in [-0.2, 0) is 11.0 Å². The maximum atomic E-state index is 12.8. The van der Waals surface area contributed by atoms with Gasteiger partial charge < -0.3 is 14.5 Å². The Hall–Kier alpha value is -4.55. The highest BCUT2D eigenvalue weighted by molar-refractivity contribution is 6.02. The molecule has 10 nitrogen and oxygen atoms in total. The molecule has 3 aromatic rings. The van der Waals surface area contributed by atoms with Gasteiger partial charge in [0.15, 0.2) is 12.4 Å². The van der Waals surface area contributed by atoms with Crippen LogP contribution in [0.2, 0.25) is 0 Å². The van der Waals surface area contributed by atoms with Gasteiger partial charge in [-0.05, 0) is 36.4 Å². The third kappa shape index (κ3) is 6.22. The van der Waals surface area contributed by atoms with Crippen LogP contribution in [0.1, 0.15) is 16.1 Å². The molecule has 1 heterocycles. The van der Waals surface area contributed by atoms with Crippen LogP contribution in [0.5, 0.6) is 5.75 Å². The predicted molar refractivity (Wildman–Crippen MR) is 108 cm³/mol. The van der Waals surface area contributed by atoms with Crippen molar-refractivity contribution in [1.29, 1.82) is 0 Å². The SMILES string of the molecule is O=C(COc1cccc(NC(=O)c2ccco2)c1)NNc1ccc(C(F)(F)F)cc1[N+](=O)[O-]. The number of carbonyl (C=O) groups excluding carboxylic acids is 2. The second-order valence-corrected chi connectivity index (χ2v) is 6.41. The fraction of sp³-hybridized carbons (Fsp3) is 0.100. The van der Waals surface area contributed by atoms with Crippen LogP contribution < -0.4 is 20.9 Å². The maximum Gasteiger partial charge on any atom is 0.416 e. The summed E-state index contributed by atoms with van der Waals surface area (Å²) in [5.41, 5.74) is 2.27. The molecule has 172 valence electrons. The van der Waals surface area contributed by atoms with Crippen molar-refractivity contribution < 1.29 is 36.8 Å². The number of amides is 2. The van der Waals surface area contributed by atoms with Gasteiger partial charge in [-0.3, -0.25) is 30.6 Å². The number of nitro benzene ring substituents is 1. The number of halogens is 3. The van der Waals surface area contributed by atoms with E-state index in [1.807, 2.05) is 0 Å². The van der Waals surface area contributed by atoms with Crippen LogP contribution >= 0.6 is 0 Å². The summed E-state index contributed by atoms with van der Waals surface area (Å²) in [4.78, 5) is 34.0. The van der Waals surface area contributed by atoms with Gasteiger partial charge in [-0.1, -0.05) is 6.07 Å². The van der Waals surface area contributed by atoms with Gasteiger partial charge in [0.05, 0.1) is 16.7 Å². The molecule has 0 aliphatic rings. The monoisotopic (exact) mass is 464 g/mol. The van der Waals surface area contributed by atoms with Gasteiger partial charge in [-0.15, -0.1) is 0 Å². The maximum absolute atomic E-state index is 12.8. The topological polar surface area (TPSA) is 136 Å². The highest BCUT2D eigenvalue weighted by atomic mass is 19.4. The number of benzene rings is 2. The van der Waals surface area contributed by atoms with Gasteiger partial charge in [0.25, 0.3) is 17.5 Å². The summed E-state index contributed by atoms with van der Waals surface area (Å²) < 4.78 is 48.5. The second-order valence-electron chi connectivity index (χ2n) is 6.41. The van der Waals surface area contributed by atoms with Crippen LogP contribution in [-0.4, -0.2) is 23.3 Å². The molecular weight excluding hydrogens is 449 g/mol. The summed E-state index contributed by atoms with van der Waals surface area (Å²) in [5, 5.41) is 13.6. The van der Waals surface area contributed by atoms with Crippen molar-refractivity contribution in [1.82, 2.24) is 5.43 Å². The Morgan fingerprint density at radius 1 is 1.09 bits per heavy atom. The van der Waals surface area contributed by atoms with Gasteiger partial charge in [-0.25, -0.2) is 0 Å². The Morgan fingerprint density at radius 3 is 2.55 bits per heavy atom. The van der Waals surface area contributed by atoms with Crippen molar-refractivity contribution in [3.63, 3.8) is 0 Å². The van der Waals surface area contributed by atoms with Crippen LogP contribution in [0.25, 0.3) is 0 Å². The molecule has 0 saturated heterocycles. The zero-order valence-corrected chi connectivity index (χ0v) is 16.5. The number of rotatable bonds is 8. The highest BCUT2D eigenvalue weighted by Gasteiger charge is 2.33. The summed E-state index contributed by atoms with van der Waals surface area (Å²) in [6.45, 7) is -0.531. The minimum Gasteiger partial charge on any atom is -0.484 e. The lowest BCUT2D eigenvalue weighted by molar-refractivity contribution is -0.384. The van der Waals surface area contributed by atoms with Crippen molar-refractivity contribution in [2.24, 2.45) is 0 Å². The van der Waals surface area contributed by atoms with E-state index in [0.29, 0.717) is 17.8 Å². The summed E-state index contributed by atoms with van der Waals surface area (Å²) >= 11 is 0. The van der Waals surface area contributed by atoms with Crippen molar-refractivity contribution in [2.75, 3.05) is 17.3 Å². The quantitative estimate of drug-likeness (QED) is 0.339. The number of anilines is 2. The lowest BCUT2D eigenvalue weighted by Gasteiger charge is -2.12. The number of hydrogen-bond donors (Lipinski definition) is 3. The van der Waals surface area contributed by atoms with Crippen LogP contribution in [0.4, 0.5) is 30.2 Å². The molecule has 33 heavy (non-hydrogen) atoms. The summed E-state index contributed by atoms with van der Waals surface area (Å²) in [5.74, 6) is -0.932. The smallest absolute Gasteiger partial charge is 0.416 e. The molecule has 0 atom stereocenters. The number of nitro groups is 1. The molecule has 2 amide bonds. The highest BCUT2D eigenvalue weighted by Crippen LogP contribution is 2.34. The van der Waals surface area contributed by atoms with Crippen molar-refractivity contribution in [2.45, 2.75) is 6.18 Å². The number of ether oxygens (including phenoxy) is 1. The first-order valence-electron chi connectivity index (χ1n) is 9.11. The van der Waals surface area contributed by atoms with E-state index in [9.17, 15) is 32.9 Å². The first-order chi connectivity index (χ1) is 15.6. The molecule has 0 radical (unpaired) electrons. The zero-order valence-electron chi connectivity index (χ0n) is 16.5. The molecular formula is C20H15F3N4O6. The van der Waals surface area contributed by atoms with Gasteiger partial charge >= 0.3 is 6.18 Å². The average molecular weight is 464 g/mol. The summed E-state index contributed by atoms with van der Waals surface area (Å²) in [7, 11) is 0. The van der Waals surface area contributed by atoms with Crippen molar-refractivity contribution in [3.8, 4) is 5.75 Å². The molecule has 0 aliphatic carbocycles. The lowest BCUT2D eigenvalue weighted by Crippen LogP contribution is -2.33. The van der Waals surface area contributed by atoms with E-state index in [1.165, 1.54) is 24.5 Å². The number of alkyl halides is 3. The van der Waals surface area contributed by atoms with E-state index in [2.05, 4.69) is 16.2 Å². The molecule has 13 heteroatoms. The molecule has 0 spiro atoms. The summed E-state index contributed by atoms with van der Waals surface area (Å²) in [6, 6.07) is 11.0. The number of carbonyl (C=O) groups is 2. The average Bonchev–Trinajstić information content (AvgIpc) is 3.31. The molecule has 0 bridgehead atoms. The Kier molecular flexibility index (Phi) is 6.81. The summed E-state index contributed by atoms with van der Waals surface area (Å²) in [6.07, 6.45) is -3.41. The minimum atomic E-state index is -4.76. The van der Waals surface area contributed by atoms with E-state index < -0.39 is 40.8 Å². The van der Waals surface area contributed by atoms with Gasteiger partial charge in [0.2, 0.25) is 0 Å².